The van der Waals surface area contributed by atoms with Crippen LogP contribution in [0.2, 0.25) is 0 Å². The number of hydrogen-bond acceptors (Lipinski definition) is 6. The highest BCUT2D eigenvalue weighted by molar-refractivity contribution is 5.20. The summed E-state index contributed by atoms with van der Waals surface area (Å²) in [5.74, 6) is 0.712. The number of nitrogens with zero attached hydrogens (tertiary/aromatic N) is 4. The van der Waals surface area contributed by atoms with Gasteiger partial charge in [-0.05, 0) is 26.0 Å². The summed E-state index contributed by atoms with van der Waals surface area (Å²) in [5.41, 5.74) is 6.50. The van der Waals surface area contributed by atoms with Crippen LogP contribution in [0.4, 0.5) is 5.95 Å². The summed E-state index contributed by atoms with van der Waals surface area (Å²) in [7, 11) is 0. The van der Waals surface area contributed by atoms with Crippen LogP contribution in [0.5, 0.6) is 6.01 Å². The Hall–Kier alpha value is -2.24. The van der Waals surface area contributed by atoms with Crippen molar-refractivity contribution in [1.29, 1.82) is 0 Å². The lowest BCUT2D eigenvalue weighted by Crippen LogP contribution is -2.12. The molecule has 0 fully saturated rings. The third-order valence-electron chi connectivity index (χ3n) is 2.08. The summed E-state index contributed by atoms with van der Waals surface area (Å²) in [6, 6.07) is 5.93. The van der Waals surface area contributed by atoms with Crippen molar-refractivity contribution in [2.24, 2.45) is 0 Å². The Morgan fingerprint density at radius 1 is 1.22 bits per heavy atom. The molecule has 18 heavy (non-hydrogen) atoms. The average molecular weight is 245 g/mol. The highest BCUT2D eigenvalue weighted by atomic mass is 16.5. The van der Waals surface area contributed by atoms with Crippen molar-refractivity contribution >= 4 is 5.95 Å². The number of nitrogen functional groups attached to an aromatic ring is 1. The van der Waals surface area contributed by atoms with Gasteiger partial charge in [0.25, 0.3) is 0 Å². The van der Waals surface area contributed by atoms with Crippen molar-refractivity contribution in [2.75, 3.05) is 5.73 Å². The monoisotopic (exact) mass is 245 g/mol. The van der Waals surface area contributed by atoms with Gasteiger partial charge in [0.15, 0.2) is 0 Å². The Bertz CT molecular complexity index is 515. The molecular formula is C12H15N5O. The maximum Gasteiger partial charge on any atom is 0.321 e. The number of nitrogens with two attached hydrogens (primary N) is 1. The lowest BCUT2D eigenvalue weighted by Gasteiger charge is -2.08. The molecule has 2 heterocycles. The maximum absolute atomic E-state index is 5.63. The molecule has 0 saturated carbocycles. The van der Waals surface area contributed by atoms with E-state index in [1.807, 2.05) is 32.0 Å². The number of ether oxygens (including phenoxy) is 1. The van der Waals surface area contributed by atoms with Crippen molar-refractivity contribution in [2.45, 2.75) is 26.4 Å². The van der Waals surface area contributed by atoms with Gasteiger partial charge in [0.1, 0.15) is 5.82 Å². The predicted molar refractivity (Wildman–Crippen MR) is 67.0 cm³/mol. The molecule has 6 nitrogen and oxygen atoms in total. The first-order valence-corrected chi connectivity index (χ1v) is 5.70. The van der Waals surface area contributed by atoms with Crippen molar-refractivity contribution in [3.05, 3.63) is 35.9 Å². The van der Waals surface area contributed by atoms with Gasteiger partial charge in [-0.2, -0.15) is 15.0 Å². The van der Waals surface area contributed by atoms with E-state index in [1.165, 1.54) is 0 Å². The zero-order valence-electron chi connectivity index (χ0n) is 10.4. The predicted octanol–water partition coefficient (Wildman–Crippen LogP) is 1.23. The first-order valence-electron chi connectivity index (χ1n) is 5.70. The van der Waals surface area contributed by atoms with Crippen LogP contribution >= 0.6 is 0 Å². The van der Waals surface area contributed by atoms with E-state index in [9.17, 15) is 0 Å². The van der Waals surface area contributed by atoms with Crippen LogP contribution in [0, 0.1) is 0 Å². The van der Waals surface area contributed by atoms with Gasteiger partial charge in [0, 0.05) is 11.9 Å². The Morgan fingerprint density at radius 2 is 2.06 bits per heavy atom. The maximum atomic E-state index is 5.63. The van der Waals surface area contributed by atoms with Gasteiger partial charge in [-0.25, -0.2) is 0 Å². The summed E-state index contributed by atoms with van der Waals surface area (Å²) < 4.78 is 5.41. The fraction of sp³-hybridized carbons (Fsp3) is 0.333. The highest BCUT2D eigenvalue weighted by Gasteiger charge is 2.08. The molecule has 0 bridgehead atoms. The molecule has 0 saturated heterocycles. The quantitative estimate of drug-likeness (QED) is 0.871. The van der Waals surface area contributed by atoms with Gasteiger partial charge < -0.3 is 10.5 Å². The van der Waals surface area contributed by atoms with E-state index in [-0.39, 0.29) is 18.1 Å². The van der Waals surface area contributed by atoms with Crippen molar-refractivity contribution in [3.8, 4) is 6.01 Å². The second-order valence-electron chi connectivity index (χ2n) is 4.06. The minimum Gasteiger partial charge on any atom is -0.461 e. The number of pyridine rings is 1. The van der Waals surface area contributed by atoms with Gasteiger partial charge >= 0.3 is 6.01 Å². The van der Waals surface area contributed by atoms with Crippen LogP contribution in [0.1, 0.15) is 25.4 Å². The zero-order valence-corrected chi connectivity index (χ0v) is 10.4. The molecule has 0 aliphatic rings. The van der Waals surface area contributed by atoms with Gasteiger partial charge in [-0.3, -0.25) is 4.98 Å². The molecule has 0 aliphatic carbocycles. The second kappa shape index (κ2) is 5.39. The molecule has 0 atom stereocenters. The third-order valence-corrected chi connectivity index (χ3v) is 2.08. The summed E-state index contributed by atoms with van der Waals surface area (Å²) in [6.07, 6.45) is 2.22. The summed E-state index contributed by atoms with van der Waals surface area (Å²) in [6.45, 7) is 3.80. The molecule has 2 N–H and O–H groups in total. The molecule has 2 rings (SSSR count). The van der Waals surface area contributed by atoms with Crippen LogP contribution in [-0.2, 0) is 6.42 Å². The molecule has 6 heteroatoms. The summed E-state index contributed by atoms with van der Waals surface area (Å²) in [5, 5.41) is 0. The first kappa shape index (κ1) is 12.2. The Morgan fingerprint density at radius 3 is 2.72 bits per heavy atom. The van der Waals surface area contributed by atoms with Gasteiger partial charge in [0.05, 0.1) is 12.5 Å². The van der Waals surface area contributed by atoms with E-state index in [1.54, 1.807) is 6.20 Å². The van der Waals surface area contributed by atoms with Gasteiger partial charge in [-0.15, -0.1) is 0 Å². The van der Waals surface area contributed by atoms with Crippen LogP contribution in [-0.4, -0.2) is 26.0 Å². The SMILES string of the molecule is CC(C)Oc1nc(N)nc(Cc2ccccn2)n1. The number of anilines is 1. The van der Waals surface area contributed by atoms with E-state index in [2.05, 4.69) is 19.9 Å². The summed E-state index contributed by atoms with van der Waals surface area (Å²) >= 11 is 0. The number of rotatable bonds is 4. The Kier molecular flexibility index (Phi) is 3.66. The minimum atomic E-state index is -0.00509. The zero-order chi connectivity index (χ0) is 13.0. The standard InChI is InChI=1S/C12H15N5O/c1-8(2)18-12-16-10(15-11(13)17-12)7-9-5-3-4-6-14-9/h3-6,8H,7H2,1-2H3,(H2,13,15,16,17). The largest absolute Gasteiger partial charge is 0.461 e. The van der Waals surface area contributed by atoms with Crippen molar-refractivity contribution in [3.63, 3.8) is 0 Å². The highest BCUT2D eigenvalue weighted by Crippen LogP contribution is 2.10. The summed E-state index contributed by atoms with van der Waals surface area (Å²) in [4.78, 5) is 16.4. The van der Waals surface area contributed by atoms with Crippen molar-refractivity contribution < 1.29 is 4.74 Å². The Labute approximate surface area is 105 Å². The lowest BCUT2D eigenvalue weighted by atomic mass is 10.2. The van der Waals surface area contributed by atoms with E-state index >= 15 is 0 Å². The smallest absolute Gasteiger partial charge is 0.321 e. The van der Waals surface area contributed by atoms with Gasteiger partial charge in [-0.1, -0.05) is 6.07 Å². The second-order valence-corrected chi connectivity index (χ2v) is 4.06. The molecule has 94 valence electrons. The molecule has 2 aromatic rings. The normalized spacial score (nSPS) is 10.6. The molecule has 0 radical (unpaired) electrons. The number of hydrogen-bond donors (Lipinski definition) is 1. The van der Waals surface area contributed by atoms with Gasteiger partial charge in [0.2, 0.25) is 5.95 Å². The molecular weight excluding hydrogens is 230 g/mol. The fourth-order valence-corrected chi connectivity index (χ4v) is 1.42. The Balaban J connectivity index is 2.20. The molecule has 2 aromatic heterocycles. The molecule has 0 aliphatic heterocycles. The van der Waals surface area contributed by atoms with Crippen LogP contribution in [0.3, 0.4) is 0 Å². The van der Waals surface area contributed by atoms with Crippen molar-refractivity contribution in [1.82, 2.24) is 19.9 Å². The molecule has 0 spiro atoms. The third kappa shape index (κ3) is 3.38. The molecule has 0 aromatic carbocycles. The first-order chi connectivity index (χ1) is 8.63. The van der Waals surface area contributed by atoms with E-state index in [4.69, 9.17) is 10.5 Å². The topological polar surface area (TPSA) is 86.8 Å². The average Bonchev–Trinajstić information content (AvgIpc) is 2.28. The minimum absolute atomic E-state index is 0.00509. The van der Waals surface area contributed by atoms with E-state index in [0.717, 1.165) is 5.69 Å². The van der Waals surface area contributed by atoms with E-state index in [0.29, 0.717) is 12.2 Å². The fourth-order valence-electron chi connectivity index (χ4n) is 1.42. The van der Waals surface area contributed by atoms with E-state index < -0.39 is 0 Å². The van der Waals surface area contributed by atoms with Crippen LogP contribution in [0.15, 0.2) is 24.4 Å². The lowest BCUT2D eigenvalue weighted by molar-refractivity contribution is 0.221. The van der Waals surface area contributed by atoms with Crippen LogP contribution < -0.4 is 10.5 Å². The molecule has 0 unspecified atom stereocenters. The van der Waals surface area contributed by atoms with Crippen LogP contribution in [0.25, 0.3) is 0 Å². The molecule has 0 amide bonds. The number of aromatic nitrogens is 4.